The van der Waals surface area contributed by atoms with E-state index >= 15 is 0 Å². The van der Waals surface area contributed by atoms with E-state index in [0.29, 0.717) is 0 Å². The second-order valence-electron chi connectivity index (χ2n) is 12.9. The molecule has 0 saturated heterocycles. The van der Waals surface area contributed by atoms with Crippen LogP contribution in [-0.4, -0.2) is 0 Å². The lowest BCUT2D eigenvalue weighted by atomic mass is 9.91. The number of hydrogen-bond donors (Lipinski definition) is 0. The molecule has 2 heteroatoms. The standard InChI is InChI=1S/C48H31NO/c1-2-20-41-39(18-1)40-19-3-4-21-42(40)44-31-37(26-27-43(41)44)35-15-10-13-33(29-35)32-12-9-14-34(28-32)36-16-11-17-38(30-36)49-45-22-5-7-24-47(45)50-48-25-8-6-23-46(48)49/h1-31H. The largest absolute Gasteiger partial charge is 0.453 e. The van der Waals surface area contributed by atoms with E-state index in [4.69, 9.17) is 4.74 Å². The molecule has 1 aliphatic rings. The molecule has 2 nitrogen and oxygen atoms in total. The maximum absolute atomic E-state index is 6.27. The summed E-state index contributed by atoms with van der Waals surface area (Å²) in [5, 5.41) is 7.76. The number of rotatable bonds is 4. The first-order valence-electron chi connectivity index (χ1n) is 17.1. The van der Waals surface area contributed by atoms with Crippen LogP contribution in [-0.2, 0) is 0 Å². The molecule has 0 aliphatic carbocycles. The van der Waals surface area contributed by atoms with E-state index in [9.17, 15) is 0 Å². The second-order valence-corrected chi connectivity index (χ2v) is 12.9. The third-order valence-corrected chi connectivity index (χ3v) is 10.0. The van der Waals surface area contributed by atoms with Crippen molar-refractivity contribution in [3.63, 3.8) is 0 Å². The molecule has 1 heterocycles. The van der Waals surface area contributed by atoms with Crippen LogP contribution < -0.4 is 9.64 Å². The highest BCUT2D eigenvalue weighted by Crippen LogP contribution is 2.50. The van der Waals surface area contributed by atoms with Gasteiger partial charge in [-0.3, -0.25) is 0 Å². The Morgan fingerprint density at radius 2 is 0.680 bits per heavy atom. The molecule has 9 aromatic rings. The van der Waals surface area contributed by atoms with Crippen LogP contribution in [0.1, 0.15) is 0 Å². The van der Waals surface area contributed by atoms with Crippen molar-refractivity contribution in [1.29, 1.82) is 0 Å². The van der Waals surface area contributed by atoms with E-state index < -0.39 is 0 Å². The summed E-state index contributed by atoms with van der Waals surface area (Å²) in [6.07, 6.45) is 0. The lowest BCUT2D eigenvalue weighted by molar-refractivity contribution is 0.477. The normalized spacial score (nSPS) is 12.1. The molecule has 0 N–H and O–H groups in total. The van der Waals surface area contributed by atoms with Crippen LogP contribution in [0.15, 0.2) is 188 Å². The number of para-hydroxylation sites is 4. The van der Waals surface area contributed by atoms with Crippen LogP contribution in [0.3, 0.4) is 0 Å². The van der Waals surface area contributed by atoms with E-state index in [2.05, 4.69) is 169 Å². The summed E-state index contributed by atoms with van der Waals surface area (Å²) >= 11 is 0. The van der Waals surface area contributed by atoms with Gasteiger partial charge in [0.15, 0.2) is 11.5 Å². The lowest BCUT2D eigenvalue weighted by Gasteiger charge is -2.33. The van der Waals surface area contributed by atoms with Crippen LogP contribution in [0.4, 0.5) is 17.1 Å². The van der Waals surface area contributed by atoms with Crippen LogP contribution in [0.25, 0.3) is 65.7 Å². The van der Waals surface area contributed by atoms with Crippen LogP contribution in [0, 0.1) is 0 Å². The topological polar surface area (TPSA) is 12.5 Å². The van der Waals surface area contributed by atoms with Crippen molar-refractivity contribution in [2.75, 3.05) is 4.90 Å². The van der Waals surface area contributed by atoms with E-state index in [-0.39, 0.29) is 0 Å². The maximum Gasteiger partial charge on any atom is 0.151 e. The number of benzene rings is 9. The molecule has 0 saturated carbocycles. The Hall–Kier alpha value is -6.64. The Morgan fingerprint density at radius 3 is 1.22 bits per heavy atom. The minimum Gasteiger partial charge on any atom is -0.453 e. The number of anilines is 3. The lowest BCUT2D eigenvalue weighted by Crippen LogP contribution is -2.15. The van der Waals surface area contributed by atoms with Gasteiger partial charge in [0.05, 0.1) is 11.4 Å². The molecule has 0 aromatic heterocycles. The molecule has 50 heavy (non-hydrogen) atoms. The maximum atomic E-state index is 6.27. The summed E-state index contributed by atoms with van der Waals surface area (Å²) in [6.45, 7) is 0. The highest BCUT2D eigenvalue weighted by molar-refractivity contribution is 6.25. The SMILES string of the molecule is c1cc(-c2cccc(-c3ccc4c5ccccc5c5ccccc5c4c3)c2)cc(-c2cccc(N3c4ccccc4Oc4ccccc43)c2)c1. The van der Waals surface area contributed by atoms with Gasteiger partial charge in [-0.2, -0.15) is 0 Å². The molecule has 0 amide bonds. The number of hydrogen-bond acceptors (Lipinski definition) is 2. The molecule has 0 fully saturated rings. The van der Waals surface area contributed by atoms with E-state index in [1.165, 1.54) is 60.1 Å². The van der Waals surface area contributed by atoms with Crippen molar-refractivity contribution in [3.05, 3.63) is 188 Å². The van der Waals surface area contributed by atoms with Crippen LogP contribution in [0.2, 0.25) is 0 Å². The third-order valence-electron chi connectivity index (χ3n) is 10.0. The van der Waals surface area contributed by atoms with Gasteiger partial charge >= 0.3 is 0 Å². The van der Waals surface area contributed by atoms with Gasteiger partial charge in [0.25, 0.3) is 0 Å². The fourth-order valence-corrected chi connectivity index (χ4v) is 7.65. The minimum atomic E-state index is 0.853. The fourth-order valence-electron chi connectivity index (χ4n) is 7.65. The molecule has 1 aliphatic heterocycles. The molecular formula is C48H31NO. The summed E-state index contributed by atoms with van der Waals surface area (Å²) in [5.74, 6) is 1.71. The summed E-state index contributed by atoms with van der Waals surface area (Å²) in [4.78, 5) is 2.29. The van der Waals surface area contributed by atoms with E-state index in [0.717, 1.165) is 34.1 Å². The van der Waals surface area contributed by atoms with Gasteiger partial charge in [0, 0.05) is 5.69 Å². The van der Waals surface area contributed by atoms with Crippen molar-refractivity contribution in [2.24, 2.45) is 0 Å². The first kappa shape index (κ1) is 28.4. The number of fused-ring (bicyclic) bond motifs is 8. The van der Waals surface area contributed by atoms with Gasteiger partial charge in [0.1, 0.15) is 0 Å². The number of ether oxygens (including phenoxy) is 1. The van der Waals surface area contributed by atoms with Gasteiger partial charge in [-0.1, -0.05) is 133 Å². The highest BCUT2D eigenvalue weighted by Gasteiger charge is 2.25. The monoisotopic (exact) mass is 637 g/mol. The van der Waals surface area contributed by atoms with Crippen LogP contribution >= 0.6 is 0 Å². The predicted octanol–water partition coefficient (Wildman–Crippen LogP) is 13.7. The molecule has 0 unspecified atom stereocenters. The minimum absolute atomic E-state index is 0.853. The first-order valence-corrected chi connectivity index (χ1v) is 17.1. The molecule has 0 bridgehead atoms. The van der Waals surface area contributed by atoms with Crippen molar-refractivity contribution in [3.8, 4) is 44.9 Å². The second kappa shape index (κ2) is 11.5. The molecule has 0 spiro atoms. The average molecular weight is 638 g/mol. The van der Waals surface area contributed by atoms with Crippen molar-refractivity contribution in [1.82, 2.24) is 0 Å². The molecule has 234 valence electrons. The zero-order valence-electron chi connectivity index (χ0n) is 27.3. The van der Waals surface area contributed by atoms with Gasteiger partial charge < -0.3 is 9.64 Å². The zero-order chi connectivity index (χ0) is 33.0. The summed E-state index contributed by atoms with van der Waals surface area (Å²) in [7, 11) is 0. The summed E-state index contributed by atoms with van der Waals surface area (Å²) in [6, 6.07) is 67.5. The van der Waals surface area contributed by atoms with Gasteiger partial charge in [0.2, 0.25) is 0 Å². The zero-order valence-corrected chi connectivity index (χ0v) is 27.3. The van der Waals surface area contributed by atoms with Crippen LogP contribution in [0.5, 0.6) is 11.5 Å². The Labute approximate surface area is 291 Å². The number of nitrogens with zero attached hydrogens (tertiary/aromatic N) is 1. The Bertz CT molecular complexity index is 2680. The molecule has 0 radical (unpaired) electrons. The van der Waals surface area contributed by atoms with Gasteiger partial charge in [-0.05, 0) is 120 Å². The average Bonchev–Trinajstić information content (AvgIpc) is 3.20. The highest BCUT2D eigenvalue weighted by atomic mass is 16.5. The van der Waals surface area contributed by atoms with Crippen molar-refractivity contribution < 1.29 is 4.74 Å². The smallest absolute Gasteiger partial charge is 0.151 e. The Balaban J connectivity index is 1.03. The molecule has 10 rings (SSSR count). The molecule has 0 atom stereocenters. The van der Waals surface area contributed by atoms with Gasteiger partial charge in [-0.25, -0.2) is 0 Å². The van der Waals surface area contributed by atoms with E-state index in [1.807, 2.05) is 24.3 Å². The third kappa shape index (κ3) is 4.65. The van der Waals surface area contributed by atoms with Crippen molar-refractivity contribution >= 4 is 49.4 Å². The fraction of sp³-hybridized carbons (Fsp3) is 0. The summed E-state index contributed by atoms with van der Waals surface area (Å²) < 4.78 is 6.27. The molecular weight excluding hydrogens is 607 g/mol. The molecule has 9 aromatic carbocycles. The predicted molar refractivity (Wildman–Crippen MR) is 210 cm³/mol. The van der Waals surface area contributed by atoms with Gasteiger partial charge in [-0.15, -0.1) is 0 Å². The quantitative estimate of drug-likeness (QED) is 0.178. The summed E-state index contributed by atoms with van der Waals surface area (Å²) in [5.41, 5.74) is 10.3. The Morgan fingerprint density at radius 1 is 0.280 bits per heavy atom. The van der Waals surface area contributed by atoms with Crippen molar-refractivity contribution in [2.45, 2.75) is 0 Å². The van der Waals surface area contributed by atoms with E-state index in [1.54, 1.807) is 0 Å². The Kier molecular flexibility index (Phi) is 6.53. The first-order chi connectivity index (χ1) is 24.8.